The molecule has 0 aromatic heterocycles. The number of rotatable bonds is 8. The highest BCUT2D eigenvalue weighted by Crippen LogP contribution is 2.23. The maximum absolute atomic E-state index is 5.83. The van der Waals surface area contributed by atoms with E-state index in [9.17, 15) is 0 Å². The first-order valence-corrected chi connectivity index (χ1v) is 5.86. The molecular formula is C15H20O2. The summed E-state index contributed by atoms with van der Waals surface area (Å²) in [6.45, 7) is 9.95. The van der Waals surface area contributed by atoms with Crippen LogP contribution in [-0.2, 0) is 16.1 Å². The molecule has 92 valence electrons. The molecule has 17 heavy (non-hydrogen) atoms. The van der Waals surface area contributed by atoms with Crippen LogP contribution in [0.1, 0.15) is 25.3 Å². The maximum atomic E-state index is 5.83. The fourth-order valence-corrected chi connectivity index (χ4v) is 1.64. The third-order valence-electron chi connectivity index (χ3n) is 2.52. The second-order valence-corrected chi connectivity index (χ2v) is 3.82. The van der Waals surface area contributed by atoms with Gasteiger partial charge in [-0.05, 0) is 18.1 Å². The van der Waals surface area contributed by atoms with Gasteiger partial charge in [0.25, 0.3) is 0 Å². The van der Waals surface area contributed by atoms with Crippen molar-refractivity contribution in [1.29, 1.82) is 0 Å². The van der Waals surface area contributed by atoms with Crippen LogP contribution in [-0.4, -0.2) is 5.79 Å². The molecule has 0 saturated carbocycles. The number of hydrogen-bond acceptors (Lipinski definition) is 2. The molecule has 1 rings (SSSR count). The molecule has 0 N–H and O–H groups in total. The van der Waals surface area contributed by atoms with Crippen LogP contribution in [0.15, 0.2) is 55.8 Å². The van der Waals surface area contributed by atoms with Crippen LogP contribution >= 0.6 is 0 Å². The molecule has 0 aliphatic rings. The fourth-order valence-electron chi connectivity index (χ4n) is 1.64. The van der Waals surface area contributed by atoms with Crippen molar-refractivity contribution in [2.75, 3.05) is 0 Å². The highest BCUT2D eigenvalue weighted by atomic mass is 16.7. The van der Waals surface area contributed by atoms with Crippen LogP contribution in [0.4, 0.5) is 0 Å². The molecule has 2 nitrogen and oxygen atoms in total. The van der Waals surface area contributed by atoms with E-state index >= 15 is 0 Å². The maximum Gasteiger partial charge on any atom is 0.229 e. The molecule has 1 unspecified atom stereocenters. The van der Waals surface area contributed by atoms with Crippen LogP contribution < -0.4 is 0 Å². The Morgan fingerprint density at radius 2 is 1.94 bits per heavy atom. The molecule has 0 aliphatic heterocycles. The van der Waals surface area contributed by atoms with Crippen molar-refractivity contribution in [1.82, 2.24) is 0 Å². The molecule has 0 spiro atoms. The molecule has 0 bridgehead atoms. The van der Waals surface area contributed by atoms with Gasteiger partial charge in [0, 0.05) is 6.42 Å². The van der Waals surface area contributed by atoms with Gasteiger partial charge in [-0.15, -0.1) is 0 Å². The smallest absolute Gasteiger partial charge is 0.229 e. The monoisotopic (exact) mass is 232 g/mol. The summed E-state index contributed by atoms with van der Waals surface area (Å²) in [6.07, 6.45) is 4.81. The minimum Gasteiger partial charge on any atom is -0.467 e. The third-order valence-corrected chi connectivity index (χ3v) is 2.52. The molecule has 0 amide bonds. The molecule has 0 fully saturated rings. The lowest BCUT2D eigenvalue weighted by molar-refractivity contribution is -0.183. The lowest BCUT2D eigenvalue weighted by Gasteiger charge is -2.29. The quantitative estimate of drug-likeness (QED) is 0.382. The molecule has 0 heterocycles. The Hall–Kier alpha value is -1.54. The summed E-state index contributed by atoms with van der Waals surface area (Å²) < 4.78 is 11.3. The number of benzene rings is 1. The van der Waals surface area contributed by atoms with Gasteiger partial charge in [-0.25, -0.2) is 0 Å². The Balaban J connectivity index is 2.66. The zero-order chi connectivity index (χ0) is 12.6. The van der Waals surface area contributed by atoms with E-state index in [0.717, 1.165) is 18.4 Å². The van der Waals surface area contributed by atoms with E-state index < -0.39 is 5.79 Å². The summed E-state index contributed by atoms with van der Waals surface area (Å²) in [4.78, 5) is 0. The number of ether oxygens (including phenoxy) is 2. The Morgan fingerprint density at radius 3 is 2.47 bits per heavy atom. The summed E-state index contributed by atoms with van der Waals surface area (Å²) in [5.41, 5.74) is 1.11. The summed E-state index contributed by atoms with van der Waals surface area (Å²) >= 11 is 0. The minimum absolute atomic E-state index is 0.501. The van der Waals surface area contributed by atoms with Gasteiger partial charge in [-0.3, -0.25) is 0 Å². The first kappa shape index (κ1) is 13.5. The Kier molecular flexibility index (Phi) is 5.50. The minimum atomic E-state index is -0.758. The summed E-state index contributed by atoms with van der Waals surface area (Å²) in [7, 11) is 0. The fraction of sp³-hybridized carbons (Fsp3) is 0.333. The van der Waals surface area contributed by atoms with Gasteiger partial charge < -0.3 is 9.47 Å². The van der Waals surface area contributed by atoms with E-state index in [4.69, 9.17) is 9.47 Å². The lowest BCUT2D eigenvalue weighted by Crippen LogP contribution is -2.31. The molecule has 0 aliphatic carbocycles. The van der Waals surface area contributed by atoms with Crippen molar-refractivity contribution >= 4 is 0 Å². The van der Waals surface area contributed by atoms with E-state index in [1.54, 1.807) is 6.08 Å². The average molecular weight is 232 g/mol. The summed E-state index contributed by atoms with van der Waals surface area (Å²) in [5.74, 6) is -0.758. The van der Waals surface area contributed by atoms with Gasteiger partial charge in [0.2, 0.25) is 5.79 Å². The molecule has 0 saturated heterocycles. The van der Waals surface area contributed by atoms with Crippen LogP contribution in [0.3, 0.4) is 0 Å². The first-order valence-electron chi connectivity index (χ1n) is 5.86. The Morgan fingerprint density at radius 1 is 1.24 bits per heavy atom. The first-order chi connectivity index (χ1) is 8.26. The van der Waals surface area contributed by atoms with Crippen molar-refractivity contribution in [3.05, 3.63) is 61.4 Å². The van der Waals surface area contributed by atoms with E-state index in [-0.39, 0.29) is 0 Å². The highest BCUT2D eigenvalue weighted by Gasteiger charge is 2.27. The summed E-state index contributed by atoms with van der Waals surface area (Å²) in [5, 5.41) is 0. The Bertz CT molecular complexity index is 345. The molecular weight excluding hydrogens is 212 g/mol. The second-order valence-electron chi connectivity index (χ2n) is 3.82. The van der Waals surface area contributed by atoms with Crippen molar-refractivity contribution in [3.63, 3.8) is 0 Å². The van der Waals surface area contributed by atoms with E-state index in [0.29, 0.717) is 6.61 Å². The largest absolute Gasteiger partial charge is 0.467 e. The second kappa shape index (κ2) is 6.92. The van der Waals surface area contributed by atoms with Crippen molar-refractivity contribution in [2.24, 2.45) is 0 Å². The van der Waals surface area contributed by atoms with E-state index in [1.165, 1.54) is 6.26 Å². The molecule has 1 aromatic rings. The van der Waals surface area contributed by atoms with Crippen molar-refractivity contribution < 1.29 is 9.47 Å². The van der Waals surface area contributed by atoms with Gasteiger partial charge >= 0.3 is 0 Å². The van der Waals surface area contributed by atoms with Crippen LogP contribution in [0.2, 0.25) is 0 Å². The average Bonchev–Trinajstić information content (AvgIpc) is 2.38. The van der Waals surface area contributed by atoms with Gasteiger partial charge in [0.1, 0.15) is 0 Å². The number of hydrogen-bond donors (Lipinski definition) is 0. The van der Waals surface area contributed by atoms with Gasteiger partial charge in [0.05, 0.1) is 12.9 Å². The zero-order valence-electron chi connectivity index (χ0n) is 10.4. The molecule has 1 atom stereocenters. The highest BCUT2D eigenvalue weighted by molar-refractivity contribution is 5.13. The van der Waals surface area contributed by atoms with Crippen molar-refractivity contribution in [2.45, 2.75) is 32.2 Å². The standard InChI is InChI=1S/C15H20O2/c1-4-12-15(5-2,16-6-3)17-13-14-10-8-7-9-11-14/h5-11H,2-4,12-13H2,1H3. The van der Waals surface area contributed by atoms with Gasteiger partial charge in [-0.1, -0.05) is 50.4 Å². The van der Waals surface area contributed by atoms with E-state index in [2.05, 4.69) is 20.1 Å². The lowest BCUT2D eigenvalue weighted by atomic mass is 10.1. The topological polar surface area (TPSA) is 18.5 Å². The Labute approximate surface area is 104 Å². The molecule has 2 heteroatoms. The zero-order valence-corrected chi connectivity index (χ0v) is 10.4. The van der Waals surface area contributed by atoms with Crippen LogP contribution in [0.5, 0.6) is 0 Å². The molecule has 1 aromatic carbocycles. The molecule has 0 radical (unpaired) electrons. The predicted molar refractivity (Wildman–Crippen MR) is 70.3 cm³/mol. The van der Waals surface area contributed by atoms with Crippen molar-refractivity contribution in [3.8, 4) is 0 Å². The van der Waals surface area contributed by atoms with Crippen LogP contribution in [0, 0.1) is 0 Å². The van der Waals surface area contributed by atoms with Crippen LogP contribution in [0.25, 0.3) is 0 Å². The van der Waals surface area contributed by atoms with Gasteiger partial charge in [0.15, 0.2) is 0 Å². The summed E-state index contributed by atoms with van der Waals surface area (Å²) in [6, 6.07) is 10.0. The van der Waals surface area contributed by atoms with Gasteiger partial charge in [-0.2, -0.15) is 0 Å². The van der Waals surface area contributed by atoms with E-state index in [1.807, 2.05) is 30.3 Å². The predicted octanol–water partition coefficient (Wildman–Crippen LogP) is 4.05. The third kappa shape index (κ3) is 4.08. The SMILES string of the molecule is C=COC(C=C)(CCC)OCc1ccccc1. The normalized spacial score (nSPS) is 13.7.